The molecule has 0 amide bonds. The normalized spacial score (nSPS) is 18.7. The van der Waals surface area contributed by atoms with Gasteiger partial charge < -0.3 is 0 Å². The van der Waals surface area contributed by atoms with E-state index in [1.165, 1.54) is 22.2 Å². The highest BCUT2D eigenvalue weighted by Crippen LogP contribution is 2.32. The molecule has 1 unspecified atom stereocenters. The van der Waals surface area contributed by atoms with Crippen LogP contribution in [0.1, 0.15) is 47.0 Å². The molecule has 0 spiro atoms. The Bertz CT molecular complexity index is 685. The summed E-state index contributed by atoms with van der Waals surface area (Å²) in [7, 11) is 0. The Balaban J connectivity index is 2.07. The fourth-order valence-corrected chi connectivity index (χ4v) is 3.87. The molecule has 2 rings (SSSR count). The van der Waals surface area contributed by atoms with Gasteiger partial charge in [-0.2, -0.15) is 5.10 Å². The highest BCUT2D eigenvalue weighted by atomic mass is 35.5. The second kappa shape index (κ2) is 7.27. The minimum absolute atomic E-state index is 0.218. The lowest BCUT2D eigenvalue weighted by Gasteiger charge is -2.22. The van der Waals surface area contributed by atoms with Crippen LogP contribution >= 0.6 is 23.4 Å². The second-order valence-corrected chi connectivity index (χ2v) is 8.57. The van der Waals surface area contributed by atoms with Crippen molar-refractivity contribution in [2.75, 3.05) is 5.75 Å². The molecule has 0 aromatic carbocycles. The van der Waals surface area contributed by atoms with E-state index in [0.717, 1.165) is 23.5 Å². The van der Waals surface area contributed by atoms with Gasteiger partial charge in [0, 0.05) is 5.75 Å². The van der Waals surface area contributed by atoms with Crippen molar-refractivity contribution < 1.29 is 0 Å². The first-order valence-electron chi connectivity index (χ1n) is 7.94. The Hall–Kier alpha value is -1.00. The second-order valence-electron chi connectivity index (χ2n) is 7.18. The number of hydrogen-bond acceptors (Lipinski definition) is 3. The van der Waals surface area contributed by atoms with Crippen molar-refractivity contribution in [3.63, 3.8) is 0 Å². The van der Waals surface area contributed by atoms with Crippen LogP contribution in [0.2, 0.25) is 5.02 Å². The fraction of sp³-hybridized carbons (Fsp3) is 0.556. The van der Waals surface area contributed by atoms with E-state index in [0.29, 0.717) is 5.92 Å². The standard InChI is InChI=1S/C18H25ClN2OS/c1-12(2)14-8-6-13(7-9-14)11-23-15-10-20-21(18(3,4)5)17(22)16(15)19/h6,10,14H,1,7-9,11H2,2-5H3. The summed E-state index contributed by atoms with van der Waals surface area (Å²) in [5.74, 6) is 1.48. The van der Waals surface area contributed by atoms with Gasteiger partial charge in [-0.25, -0.2) is 4.68 Å². The molecule has 1 aromatic rings. The monoisotopic (exact) mass is 352 g/mol. The summed E-state index contributed by atoms with van der Waals surface area (Å²) in [4.78, 5) is 13.1. The van der Waals surface area contributed by atoms with Gasteiger partial charge in [-0.1, -0.05) is 35.4 Å². The highest BCUT2D eigenvalue weighted by Gasteiger charge is 2.20. The van der Waals surface area contributed by atoms with Crippen LogP contribution in [0.25, 0.3) is 0 Å². The van der Waals surface area contributed by atoms with Crippen molar-refractivity contribution >= 4 is 23.4 Å². The van der Waals surface area contributed by atoms with E-state index in [4.69, 9.17) is 11.6 Å². The van der Waals surface area contributed by atoms with Crippen LogP contribution in [0.15, 0.2) is 39.7 Å². The predicted octanol–water partition coefficient (Wildman–Crippen LogP) is 5.05. The Kier molecular flexibility index (Phi) is 5.79. The van der Waals surface area contributed by atoms with Gasteiger partial charge in [0.05, 0.1) is 16.6 Å². The maximum absolute atomic E-state index is 12.3. The molecule has 0 saturated carbocycles. The molecule has 126 valence electrons. The lowest BCUT2D eigenvalue weighted by atomic mass is 9.86. The van der Waals surface area contributed by atoms with Crippen LogP contribution in [-0.2, 0) is 5.54 Å². The topological polar surface area (TPSA) is 34.9 Å². The minimum atomic E-state index is -0.368. The number of allylic oxidation sites excluding steroid dienone is 2. The summed E-state index contributed by atoms with van der Waals surface area (Å²) >= 11 is 7.86. The molecule has 23 heavy (non-hydrogen) atoms. The van der Waals surface area contributed by atoms with Crippen molar-refractivity contribution in [3.8, 4) is 0 Å². The predicted molar refractivity (Wildman–Crippen MR) is 99.5 cm³/mol. The van der Waals surface area contributed by atoms with Gasteiger partial charge in [0.25, 0.3) is 5.56 Å². The minimum Gasteiger partial charge on any atom is -0.266 e. The average Bonchev–Trinajstić information content (AvgIpc) is 2.48. The molecule has 0 saturated heterocycles. The van der Waals surface area contributed by atoms with Gasteiger partial charge in [-0.3, -0.25) is 4.79 Å². The summed E-state index contributed by atoms with van der Waals surface area (Å²) in [6.07, 6.45) is 7.35. The van der Waals surface area contributed by atoms with Crippen LogP contribution in [0.5, 0.6) is 0 Å². The first-order valence-corrected chi connectivity index (χ1v) is 9.31. The Morgan fingerprint density at radius 3 is 2.74 bits per heavy atom. The van der Waals surface area contributed by atoms with E-state index in [1.54, 1.807) is 18.0 Å². The molecule has 0 bridgehead atoms. The lowest BCUT2D eigenvalue weighted by Crippen LogP contribution is -2.36. The van der Waals surface area contributed by atoms with E-state index in [-0.39, 0.29) is 16.1 Å². The van der Waals surface area contributed by atoms with Crippen molar-refractivity contribution in [2.24, 2.45) is 5.92 Å². The SMILES string of the molecule is C=C(C)C1CC=C(CSc2cnn(C(C)(C)C)c(=O)c2Cl)CC1. The van der Waals surface area contributed by atoms with Gasteiger partial charge in [0.15, 0.2) is 0 Å². The smallest absolute Gasteiger partial charge is 0.266 e. The van der Waals surface area contributed by atoms with E-state index in [1.807, 2.05) is 20.8 Å². The maximum atomic E-state index is 12.3. The molecular weight excluding hydrogens is 328 g/mol. The number of nitrogens with zero attached hydrogens (tertiary/aromatic N) is 2. The van der Waals surface area contributed by atoms with Crippen LogP contribution < -0.4 is 5.56 Å². The first kappa shape index (κ1) is 18.3. The van der Waals surface area contributed by atoms with E-state index >= 15 is 0 Å². The summed E-state index contributed by atoms with van der Waals surface area (Å²) < 4.78 is 1.44. The molecule has 0 N–H and O–H groups in total. The van der Waals surface area contributed by atoms with Gasteiger partial charge in [0.2, 0.25) is 0 Å². The van der Waals surface area contributed by atoms with Crippen molar-refractivity contribution in [1.82, 2.24) is 9.78 Å². The summed E-state index contributed by atoms with van der Waals surface area (Å²) in [6, 6.07) is 0. The van der Waals surface area contributed by atoms with E-state index in [9.17, 15) is 4.79 Å². The van der Waals surface area contributed by atoms with Crippen LogP contribution in [0.3, 0.4) is 0 Å². The van der Waals surface area contributed by atoms with Gasteiger partial charge in [-0.05, 0) is 52.9 Å². The van der Waals surface area contributed by atoms with Crippen LogP contribution in [0, 0.1) is 5.92 Å². The number of thioether (sulfide) groups is 1. The molecule has 1 heterocycles. The van der Waals surface area contributed by atoms with E-state index in [2.05, 4.69) is 24.7 Å². The zero-order valence-corrected chi connectivity index (χ0v) is 15.9. The molecule has 0 fully saturated rings. The van der Waals surface area contributed by atoms with Crippen molar-refractivity contribution in [1.29, 1.82) is 0 Å². The molecule has 3 nitrogen and oxygen atoms in total. The number of aromatic nitrogens is 2. The molecule has 1 aliphatic rings. The van der Waals surface area contributed by atoms with Crippen LogP contribution in [0.4, 0.5) is 0 Å². The lowest BCUT2D eigenvalue weighted by molar-refractivity contribution is 0.336. The Labute approximate surface area is 147 Å². The van der Waals surface area contributed by atoms with Crippen molar-refractivity contribution in [2.45, 2.75) is 57.4 Å². The first-order chi connectivity index (χ1) is 10.7. The summed E-state index contributed by atoms with van der Waals surface area (Å²) in [5, 5.41) is 4.55. The Morgan fingerprint density at radius 1 is 1.52 bits per heavy atom. The number of hydrogen-bond donors (Lipinski definition) is 0. The fourth-order valence-electron chi connectivity index (χ4n) is 2.63. The largest absolute Gasteiger partial charge is 0.287 e. The maximum Gasteiger partial charge on any atom is 0.287 e. The molecule has 5 heteroatoms. The van der Waals surface area contributed by atoms with Gasteiger partial charge >= 0.3 is 0 Å². The zero-order valence-electron chi connectivity index (χ0n) is 14.4. The molecule has 0 radical (unpaired) electrons. The number of halogens is 1. The van der Waals surface area contributed by atoms with Crippen LogP contribution in [-0.4, -0.2) is 15.5 Å². The zero-order chi connectivity index (χ0) is 17.2. The third kappa shape index (κ3) is 4.51. The average molecular weight is 353 g/mol. The van der Waals surface area contributed by atoms with E-state index < -0.39 is 0 Å². The molecule has 1 aromatic heterocycles. The summed E-state index contributed by atoms with van der Waals surface area (Å²) in [5.41, 5.74) is 2.10. The van der Waals surface area contributed by atoms with Gasteiger partial charge in [-0.15, -0.1) is 11.8 Å². The Morgan fingerprint density at radius 2 is 2.22 bits per heavy atom. The third-order valence-electron chi connectivity index (χ3n) is 4.14. The van der Waals surface area contributed by atoms with Crippen molar-refractivity contribution in [3.05, 3.63) is 45.4 Å². The molecule has 1 aliphatic carbocycles. The molecule has 1 atom stereocenters. The number of rotatable bonds is 4. The molecular formula is C18H25ClN2OS. The summed E-state index contributed by atoms with van der Waals surface area (Å²) in [6.45, 7) is 12.0. The highest BCUT2D eigenvalue weighted by molar-refractivity contribution is 7.99. The molecule has 0 aliphatic heterocycles. The third-order valence-corrected chi connectivity index (χ3v) is 5.75. The van der Waals surface area contributed by atoms with Gasteiger partial charge in [0.1, 0.15) is 5.02 Å². The quantitative estimate of drug-likeness (QED) is 0.562.